The lowest BCUT2D eigenvalue weighted by Gasteiger charge is -2.19. The van der Waals surface area contributed by atoms with E-state index in [1.54, 1.807) is 0 Å². The Kier molecular flexibility index (Phi) is 3.72. The second-order valence-electron chi connectivity index (χ2n) is 5.27. The molecule has 94 valence electrons. The van der Waals surface area contributed by atoms with E-state index in [9.17, 15) is 0 Å². The van der Waals surface area contributed by atoms with Crippen LogP contribution in [0.15, 0.2) is 24.3 Å². The molecule has 0 unspecified atom stereocenters. The van der Waals surface area contributed by atoms with Crippen molar-refractivity contribution in [1.29, 1.82) is 0 Å². The standard InChI is InChI=1S/C15H23NO/c1-4-17-14-7-5-13(6-8-14)15(9-10-15)11-16-12(2)3/h5-8,12,16H,4,9-11H2,1-3H3. The van der Waals surface area contributed by atoms with Gasteiger partial charge in [-0.25, -0.2) is 0 Å². The van der Waals surface area contributed by atoms with E-state index in [0.29, 0.717) is 11.5 Å². The summed E-state index contributed by atoms with van der Waals surface area (Å²) in [6, 6.07) is 9.19. The summed E-state index contributed by atoms with van der Waals surface area (Å²) >= 11 is 0. The van der Waals surface area contributed by atoms with Gasteiger partial charge in [-0.15, -0.1) is 0 Å². The maximum atomic E-state index is 5.48. The van der Waals surface area contributed by atoms with Gasteiger partial charge >= 0.3 is 0 Å². The fourth-order valence-electron chi connectivity index (χ4n) is 2.19. The number of hydrogen-bond donors (Lipinski definition) is 1. The van der Waals surface area contributed by atoms with E-state index < -0.39 is 0 Å². The molecule has 0 radical (unpaired) electrons. The Bertz CT molecular complexity index is 352. The van der Waals surface area contributed by atoms with Crippen molar-refractivity contribution in [3.05, 3.63) is 29.8 Å². The van der Waals surface area contributed by atoms with Crippen molar-refractivity contribution in [1.82, 2.24) is 5.32 Å². The van der Waals surface area contributed by atoms with Crippen LogP contribution in [0.25, 0.3) is 0 Å². The fourth-order valence-corrected chi connectivity index (χ4v) is 2.19. The van der Waals surface area contributed by atoms with Gasteiger partial charge in [-0.05, 0) is 37.5 Å². The highest BCUT2D eigenvalue weighted by atomic mass is 16.5. The molecule has 0 heterocycles. The van der Waals surface area contributed by atoms with Crippen LogP contribution in [0.4, 0.5) is 0 Å². The SMILES string of the molecule is CCOc1ccc(C2(CNC(C)C)CC2)cc1. The molecule has 0 saturated heterocycles. The van der Waals surface area contributed by atoms with Crippen molar-refractivity contribution < 1.29 is 4.74 Å². The van der Waals surface area contributed by atoms with Gasteiger partial charge in [0.05, 0.1) is 6.61 Å². The molecule has 0 aliphatic heterocycles. The summed E-state index contributed by atoms with van der Waals surface area (Å²) in [7, 11) is 0. The van der Waals surface area contributed by atoms with Gasteiger partial charge in [-0.3, -0.25) is 0 Å². The summed E-state index contributed by atoms with van der Waals surface area (Å²) < 4.78 is 5.48. The first-order valence-electron chi connectivity index (χ1n) is 6.63. The maximum Gasteiger partial charge on any atom is 0.119 e. The lowest BCUT2D eigenvalue weighted by molar-refractivity contribution is 0.340. The number of rotatable bonds is 6. The summed E-state index contributed by atoms with van der Waals surface area (Å²) in [5.41, 5.74) is 1.85. The number of ether oxygens (including phenoxy) is 1. The minimum Gasteiger partial charge on any atom is -0.494 e. The van der Waals surface area contributed by atoms with Crippen molar-refractivity contribution in [2.75, 3.05) is 13.2 Å². The Labute approximate surface area is 104 Å². The first-order chi connectivity index (χ1) is 8.16. The van der Waals surface area contributed by atoms with Crippen molar-refractivity contribution in [3.8, 4) is 5.75 Å². The molecule has 1 saturated carbocycles. The third kappa shape index (κ3) is 3.01. The minimum atomic E-state index is 0.398. The molecular formula is C15H23NO. The highest BCUT2D eigenvalue weighted by Crippen LogP contribution is 2.47. The molecule has 2 nitrogen and oxygen atoms in total. The monoisotopic (exact) mass is 233 g/mol. The first kappa shape index (κ1) is 12.4. The van der Waals surface area contributed by atoms with Crippen molar-refractivity contribution in [3.63, 3.8) is 0 Å². The topological polar surface area (TPSA) is 21.3 Å². The summed E-state index contributed by atoms with van der Waals surface area (Å²) in [6.45, 7) is 8.25. The molecule has 1 fully saturated rings. The predicted molar refractivity (Wildman–Crippen MR) is 71.7 cm³/mol. The minimum absolute atomic E-state index is 0.398. The van der Waals surface area contributed by atoms with Gasteiger partial charge in [0.2, 0.25) is 0 Å². The Morgan fingerprint density at radius 3 is 2.35 bits per heavy atom. The van der Waals surface area contributed by atoms with Crippen LogP contribution < -0.4 is 10.1 Å². The van der Waals surface area contributed by atoms with E-state index in [0.717, 1.165) is 18.9 Å². The van der Waals surface area contributed by atoms with Crippen molar-refractivity contribution in [2.45, 2.75) is 45.1 Å². The Morgan fingerprint density at radius 2 is 1.88 bits per heavy atom. The lowest BCUT2D eigenvalue weighted by atomic mass is 9.95. The zero-order chi connectivity index (χ0) is 12.3. The molecule has 0 spiro atoms. The third-order valence-corrected chi connectivity index (χ3v) is 3.48. The average molecular weight is 233 g/mol. The second-order valence-corrected chi connectivity index (χ2v) is 5.27. The molecule has 0 amide bonds. The lowest BCUT2D eigenvalue weighted by Crippen LogP contribution is -2.31. The Morgan fingerprint density at radius 1 is 1.24 bits per heavy atom. The molecule has 1 aliphatic rings. The van der Waals surface area contributed by atoms with Crippen molar-refractivity contribution in [2.24, 2.45) is 0 Å². The average Bonchev–Trinajstić information content (AvgIpc) is 3.09. The summed E-state index contributed by atoms with van der Waals surface area (Å²) in [6.07, 6.45) is 2.61. The highest BCUT2D eigenvalue weighted by Gasteiger charge is 2.43. The molecule has 1 aromatic rings. The van der Waals surface area contributed by atoms with Crippen LogP contribution in [0.5, 0.6) is 5.75 Å². The normalized spacial score (nSPS) is 17.2. The molecule has 2 rings (SSSR count). The maximum absolute atomic E-state index is 5.48. The van der Waals surface area contributed by atoms with Gasteiger partial charge in [0.15, 0.2) is 0 Å². The quantitative estimate of drug-likeness (QED) is 0.815. The third-order valence-electron chi connectivity index (χ3n) is 3.48. The van der Waals surface area contributed by atoms with Gasteiger partial charge in [-0.2, -0.15) is 0 Å². The first-order valence-corrected chi connectivity index (χ1v) is 6.63. The Balaban J connectivity index is 2.01. The molecule has 1 aliphatic carbocycles. The molecule has 1 aromatic carbocycles. The van der Waals surface area contributed by atoms with E-state index in [1.165, 1.54) is 18.4 Å². The van der Waals surface area contributed by atoms with E-state index in [4.69, 9.17) is 4.74 Å². The zero-order valence-electron chi connectivity index (χ0n) is 11.1. The number of benzene rings is 1. The van der Waals surface area contributed by atoms with Gasteiger partial charge in [-0.1, -0.05) is 26.0 Å². The molecule has 0 atom stereocenters. The van der Waals surface area contributed by atoms with Crippen LogP contribution >= 0.6 is 0 Å². The smallest absolute Gasteiger partial charge is 0.119 e. The molecule has 2 heteroatoms. The number of hydrogen-bond acceptors (Lipinski definition) is 2. The van der Waals surface area contributed by atoms with Crippen LogP contribution in [-0.2, 0) is 5.41 Å². The zero-order valence-corrected chi connectivity index (χ0v) is 11.1. The van der Waals surface area contributed by atoms with E-state index in [-0.39, 0.29) is 0 Å². The number of nitrogens with one attached hydrogen (secondary N) is 1. The fraction of sp³-hybridized carbons (Fsp3) is 0.600. The van der Waals surface area contributed by atoms with Gasteiger partial charge in [0.25, 0.3) is 0 Å². The van der Waals surface area contributed by atoms with Gasteiger partial charge in [0.1, 0.15) is 5.75 Å². The van der Waals surface area contributed by atoms with Gasteiger partial charge < -0.3 is 10.1 Å². The second kappa shape index (κ2) is 5.09. The van der Waals surface area contributed by atoms with Crippen LogP contribution in [-0.4, -0.2) is 19.2 Å². The summed E-state index contributed by atoms with van der Waals surface area (Å²) in [5.74, 6) is 0.976. The largest absolute Gasteiger partial charge is 0.494 e. The molecule has 1 N–H and O–H groups in total. The molecule has 0 bridgehead atoms. The Hall–Kier alpha value is -1.02. The molecule has 0 aromatic heterocycles. The molecular weight excluding hydrogens is 210 g/mol. The van der Waals surface area contributed by atoms with Crippen LogP contribution in [0.3, 0.4) is 0 Å². The van der Waals surface area contributed by atoms with Crippen LogP contribution in [0.2, 0.25) is 0 Å². The van der Waals surface area contributed by atoms with E-state index in [1.807, 2.05) is 6.92 Å². The predicted octanol–water partition coefficient (Wildman–Crippen LogP) is 3.11. The van der Waals surface area contributed by atoms with Crippen LogP contribution in [0, 0.1) is 0 Å². The summed E-state index contributed by atoms with van der Waals surface area (Å²) in [4.78, 5) is 0. The van der Waals surface area contributed by atoms with E-state index in [2.05, 4.69) is 43.4 Å². The van der Waals surface area contributed by atoms with Crippen molar-refractivity contribution >= 4 is 0 Å². The highest BCUT2D eigenvalue weighted by molar-refractivity contribution is 5.36. The molecule has 17 heavy (non-hydrogen) atoms. The van der Waals surface area contributed by atoms with Crippen LogP contribution in [0.1, 0.15) is 39.2 Å². The van der Waals surface area contributed by atoms with Gasteiger partial charge in [0, 0.05) is 18.0 Å². The summed E-state index contributed by atoms with van der Waals surface area (Å²) in [5, 5.41) is 3.56. The van der Waals surface area contributed by atoms with E-state index >= 15 is 0 Å².